The second-order valence-electron chi connectivity index (χ2n) is 4.73. The average Bonchev–Trinajstić information content (AvgIpc) is 2.40. The van der Waals surface area contributed by atoms with E-state index in [9.17, 15) is 4.79 Å². The molecule has 8 heteroatoms. The lowest BCUT2D eigenvalue weighted by Crippen LogP contribution is -2.32. The highest BCUT2D eigenvalue weighted by Gasteiger charge is 2.07. The molecule has 0 bridgehead atoms. The summed E-state index contributed by atoms with van der Waals surface area (Å²) in [6, 6.07) is 0. The molecular weight excluding hydrogens is 280 g/mol. The van der Waals surface area contributed by atoms with Crippen LogP contribution in [0.1, 0.15) is 27.2 Å². The van der Waals surface area contributed by atoms with Gasteiger partial charge in [0.15, 0.2) is 0 Å². The molecule has 0 unspecified atom stereocenters. The van der Waals surface area contributed by atoms with Gasteiger partial charge in [0.25, 0.3) is 0 Å². The minimum absolute atomic E-state index is 0.0868. The highest BCUT2D eigenvalue weighted by atomic mass is 35.5. The lowest BCUT2D eigenvalue weighted by molar-refractivity contribution is -0.119. The molecule has 0 atom stereocenters. The number of nitrogens with zero attached hydrogens (tertiary/aromatic N) is 3. The number of aromatic nitrogens is 3. The van der Waals surface area contributed by atoms with Gasteiger partial charge in [-0.25, -0.2) is 0 Å². The predicted octanol–water partition coefficient (Wildman–Crippen LogP) is 1.53. The molecule has 0 aromatic carbocycles. The van der Waals surface area contributed by atoms with Gasteiger partial charge < -0.3 is 16.0 Å². The first kappa shape index (κ1) is 16.4. The number of amides is 1. The van der Waals surface area contributed by atoms with Gasteiger partial charge in [0.1, 0.15) is 0 Å². The number of nitrogens with one attached hydrogen (secondary N) is 3. The molecule has 0 saturated carbocycles. The fourth-order valence-corrected chi connectivity index (χ4v) is 1.44. The zero-order valence-corrected chi connectivity index (χ0v) is 12.8. The van der Waals surface area contributed by atoms with E-state index in [0.29, 0.717) is 18.4 Å². The topological polar surface area (TPSA) is 91.8 Å². The molecule has 7 nitrogen and oxygen atoms in total. The first-order valence-electron chi connectivity index (χ1n) is 6.67. The van der Waals surface area contributed by atoms with Gasteiger partial charge in [0.2, 0.25) is 23.1 Å². The highest BCUT2D eigenvalue weighted by molar-refractivity contribution is 6.28. The number of carbonyl (C=O) groups excluding carboxylic acids is 1. The maximum atomic E-state index is 11.6. The van der Waals surface area contributed by atoms with Crippen LogP contribution >= 0.6 is 11.6 Å². The van der Waals surface area contributed by atoms with Crippen LogP contribution in [0.5, 0.6) is 0 Å². The molecule has 0 fully saturated rings. The fraction of sp³-hybridized carbons (Fsp3) is 0.667. The molecule has 0 aliphatic heterocycles. The lowest BCUT2D eigenvalue weighted by Gasteiger charge is -2.09. The number of hydrogen-bond donors (Lipinski definition) is 3. The standard InChI is InChI=1S/C12H21ClN6O/c1-4-5-14-11-17-10(13)18-12(19-11)16-7-9(20)15-6-8(2)3/h8H,4-7H2,1-3H3,(H,15,20)(H2,14,16,17,18,19). The van der Waals surface area contributed by atoms with Gasteiger partial charge in [0.05, 0.1) is 6.54 Å². The molecule has 1 aromatic rings. The van der Waals surface area contributed by atoms with E-state index in [0.717, 1.165) is 13.0 Å². The second kappa shape index (κ2) is 8.52. The summed E-state index contributed by atoms with van der Waals surface area (Å²) in [5.41, 5.74) is 0. The van der Waals surface area contributed by atoms with Crippen LogP contribution in [0.4, 0.5) is 11.9 Å². The summed E-state index contributed by atoms with van der Waals surface area (Å²) >= 11 is 5.80. The largest absolute Gasteiger partial charge is 0.354 e. The highest BCUT2D eigenvalue weighted by Crippen LogP contribution is 2.09. The first-order valence-corrected chi connectivity index (χ1v) is 7.05. The summed E-state index contributed by atoms with van der Waals surface area (Å²) in [5.74, 6) is 0.981. The van der Waals surface area contributed by atoms with Crippen LogP contribution in [-0.2, 0) is 4.79 Å². The molecule has 1 heterocycles. The van der Waals surface area contributed by atoms with E-state index in [1.54, 1.807) is 0 Å². The third-order valence-corrected chi connectivity index (χ3v) is 2.42. The third kappa shape index (κ3) is 6.51. The summed E-state index contributed by atoms with van der Waals surface area (Å²) < 4.78 is 0. The van der Waals surface area contributed by atoms with E-state index in [4.69, 9.17) is 11.6 Å². The van der Waals surface area contributed by atoms with Crippen molar-refractivity contribution in [1.82, 2.24) is 20.3 Å². The Morgan fingerprint density at radius 2 is 1.85 bits per heavy atom. The minimum Gasteiger partial charge on any atom is -0.354 e. The van der Waals surface area contributed by atoms with Crippen LogP contribution < -0.4 is 16.0 Å². The van der Waals surface area contributed by atoms with Crippen LogP contribution in [0.2, 0.25) is 5.28 Å². The molecule has 0 aliphatic rings. The van der Waals surface area contributed by atoms with Gasteiger partial charge in [-0.15, -0.1) is 0 Å². The number of halogens is 1. The van der Waals surface area contributed by atoms with Crippen molar-refractivity contribution in [3.63, 3.8) is 0 Å². The van der Waals surface area contributed by atoms with E-state index in [1.807, 2.05) is 20.8 Å². The Morgan fingerprint density at radius 1 is 1.20 bits per heavy atom. The van der Waals surface area contributed by atoms with Crippen molar-refractivity contribution in [2.45, 2.75) is 27.2 Å². The molecule has 0 saturated heterocycles. The third-order valence-electron chi connectivity index (χ3n) is 2.26. The Kier molecular flexibility index (Phi) is 7.00. The quantitative estimate of drug-likeness (QED) is 0.674. The number of anilines is 2. The van der Waals surface area contributed by atoms with Crippen LogP contribution in [0.3, 0.4) is 0 Å². The van der Waals surface area contributed by atoms with Crippen molar-refractivity contribution in [2.75, 3.05) is 30.3 Å². The normalized spacial score (nSPS) is 10.4. The SMILES string of the molecule is CCCNc1nc(Cl)nc(NCC(=O)NCC(C)C)n1. The molecule has 112 valence electrons. The van der Waals surface area contributed by atoms with Crippen molar-refractivity contribution in [3.8, 4) is 0 Å². The second-order valence-corrected chi connectivity index (χ2v) is 5.07. The fourth-order valence-electron chi connectivity index (χ4n) is 1.28. The van der Waals surface area contributed by atoms with E-state index in [2.05, 4.69) is 30.9 Å². The van der Waals surface area contributed by atoms with E-state index < -0.39 is 0 Å². The summed E-state index contributed by atoms with van der Waals surface area (Å²) in [7, 11) is 0. The molecule has 0 aliphatic carbocycles. The lowest BCUT2D eigenvalue weighted by atomic mass is 10.2. The Bertz CT molecular complexity index is 440. The zero-order chi connectivity index (χ0) is 15.0. The van der Waals surface area contributed by atoms with Crippen LogP contribution in [-0.4, -0.2) is 40.5 Å². The van der Waals surface area contributed by atoms with Gasteiger partial charge in [-0.05, 0) is 23.9 Å². The van der Waals surface area contributed by atoms with Crippen LogP contribution in [0.15, 0.2) is 0 Å². The Morgan fingerprint density at radius 3 is 2.45 bits per heavy atom. The van der Waals surface area contributed by atoms with Crippen molar-refractivity contribution in [2.24, 2.45) is 5.92 Å². The van der Waals surface area contributed by atoms with Crippen molar-refractivity contribution in [3.05, 3.63) is 5.28 Å². The first-order chi connectivity index (χ1) is 9.51. The summed E-state index contributed by atoms with van der Waals surface area (Å²) in [4.78, 5) is 23.6. The maximum Gasteiger partial charge on any atom is 0.239 e. The Balaban J connectivity index is 2.50. The summed E-state index contributed by atoms with van der Waals surface area (Å²) in [6.45, 7) is 7.58. The summed E-state index contributed by atoms with van der Waals surface area (Å²) in [5, 5.41) is 8.72. The van der Waals surface area contributed by atoms with Crippen molar-refractivity contribution < 1.29 is 4.79 Å². The molecule has 3 N–H and O–H groups in total. The van der Waals surface area contributed by atoms with Gasteiger partial charge in [-0.3, -0.25) is 4.79 Å². The molecule has 0 radical (unpaired) electrons. The molecule has 1 amide bonds. The summed E-state index contributed by atoms with van der Waals surface area (Å²) in [6.07, 6.45) is 0.948. The van der Waals surface area contributed by atoms with Gasteiger partial charge in [-0.1, -0.05) is 20.8 Å². The molecule has 0 spiro atoms. The Hall–Kier alpha value is -1.63. The van der Waals surface area contributed by atoms with Crippen molar-refractivity contribution >= 4 is 29.4 Å². The van der Waals surface area contributed by atoms with E-state index >= 15 is 0 Å². The molecule has 20 heavy (non-hydrogen) atoms. The maximum absolute atomic E-state index is 11.6. The van der Waals surface area contributed by atoms with Gasteiger partial charge in [0, 0.05) is 13.1 Å². The van der Waals surface area contributed by atoms with Crippen LogP contribution in [0.25, 0.3) is 0 Å². The number of carbonyl (C=O) groups is 1. The van der Waals surface area contributed by atoms with Gasteiger partial charge >= 0.3 is 0 Å². The average molecular weight is 301 g/mol. The van der Waals surface area contributed by atoms with E-state index in [1.165, 1.54) is 0 Å². The zero-order valence-electron chi connectivity index (χ0n) is 12.0. The number of hydrogen-bond acceptors (Lipinski definition) is 6. The van der Waals surface area contributed by atoms with E-state index in [-0.39, 0.29) is 23.7 Å². The molecular formula is C12H21ClN6O. The molecule has 1 rings (SSSR count). The Labute approximate surface area is 123 Å². The van der Waals surface area contributed by atoms with Crippen LogP contribution in [0, 0.1) is 5.92 Å². The minimum atomic E-state index is -0.113. The van der Waals surface area contributed by atoms with Crippen molar-refractivity contribution in [1.29, 1.82) is 0 Å². The monoisotopic (exact) mass is 300 g/mol. The molecule has 1 aromatic heterocycles. The number of rotatable bonds is 8. The predicted molar refractivity (Wildman–Crippen MR) is 80.0 cm³/mol. The smallest absolute Gasteiger partial charge is 0.239 e. The van der Waals surface area contributed by atoms with Gasteiger partial charge in [-0.2, -0.15) is 15.0 Å².